The van der Waals surface area contributed by atoms with E-state index in [1.807, 2.05) is 24.3 Å². The molecule has 4 nitrogen and oxygen atoms in total. The molecule has 5 heteroatoms. The fourth-order valence-corrected chi connectivity index (χ4v) is 4.32. The molecule has 24 heavy (non-hydrogen) atoms. The molecule has 126 valence electrons. The summed E-state index contributed by atoms with van der Waals surface area (Å²) in [5.74, 6) is 1.86. The molecule has 4 rings (SSSR count). The van der Waals surface area contributed by atoms with Crippen LogP contribution in [0.3, 0.4) is 0 Å². The molecule has 2 N–H and O–H groups in total. The van der Waals surface area contributed by atoms with Crippen molar-refractivity contribution in [3.8, 4) is 10.8 Å². The number of piperidine rings is 1. The van der Waals surface area contributed by atoms with Gasteiger partial charge in [-0.15, -0.1) is 11.3 Å². The van der Waals surface area contributed by atoms with E-state index in [4.69, 9.17) is 10.2 Å². The molecule has 0 amide bonds. The van der Waals surface area contributed by atoms with Gasteiger partial charge in [0.25, 0.3) is 0 Å². The van der Waals surface area contributed by atoms with Gasteiger partial charge in [-0.3, -0.25) is 4.90 Å². The highest BCUT2D eigenvalue weighted by atomic mass is 32.1. The van der Waals surface area contributed by atoms with Gasteiger partial charge in [0.1, 0.15) is 5.76 Å². The van der Waals surface area contributed by atoms with Crippen LogP contribution in [0.4, 0.5) is 0 Å². The first kappa shape index (κ1) is 15.8. The van der Waals surface area contributed by atoms with Crippen LogP contribution in [0, 0.1) is 5.41 Å². The lowest BCUT2D eigenvalue weighted by Crippen LogP contribution is -2.51. The van der Waals surface area contributed by atoms with Gasteiger partial charge in [0.2, 0.25) is 0 Å². The Morgan fingerprint density at radius 1 is 1.29 bits per heavy atom. The molecule has 3 aromatic rings. The van der Waals surface area contributed by atoms with Crippen LogP contribution in [0.2, 0.25) is 0 Å². The highest BCUT2D eigenvalue weighted by molar-refractivity contribution is 7.21. The van der Waals surface area contributed by atoms with E-state index in [0.29, 0.717) is 0 Å². The Bertz CT molecular complexity index is 818. The zero-order valence-corrected chi connectivity index (χ0v) is 15.0. The highest BCUT2D eigenvalue weighted by Crippen LogP contribution is 2.32. The van der Waals surface area contributed by atoms with Crippen LogP contribution in [0.15, 0.2) is 40.8 Å². The Morgan fingerprint density at radius 3 is 2.92 bits per heavy atom. The molecule has 0 spiro atoms. The van der Waals surface area contributed by atoms with Crippen LogP contribution in [0.25, 0.3) is 21.0 Å². The average molecular weight is 341 g/mol. The third-order valence-corrected chi connectivity index (χ3v) is 5.99. The molecule has 0 bridgehead atoms. The summed E-state index contributed by atoms with van der Waals surface area (Å²) in [7, 11) is 0. The van der Waals surface area contributed by atoms with Crippen molar-refractivity contribution >= 4 is 21.6 Å². The second kappa shape index (κ2) is 5.99. The molecule has 1 unspecified atom stereocenters. The van der Waals surface area contributed by atoms with E-state index in [2.05, 4.69) is 35.9 Å². The summed E-state index contributed by atoms with van der Waals surface area (Å²) in [5.41, 5.74) is 7.41. The number of aromatic nitrogens is 1. The van der Waals surface area contributed by atoms with E-state index in [9.17, 15) is 0 Å². The monoisotopic (exact) mass is 341 g/mol. The lowest BCUT2D eigenvalue weighted by Gasteiger charge is -2.42. The number of likely N-dealkylation sites (tertiary alicyclic amines) is 1. The van der Waals surface area contributed by atoms with Crippen molar-refractivity contribution in [1.29, 1.82) is 0 Å². The fraction of sp³-hybridized carbons (Fsp3) is 0.421. The first-order valence-corrected chi connectivity index (χ1v) is 9.25. The van der Waals surface area contributed by atoms with Gasteiger partial charge in [-0.2, -0.15) is 0 Å². The van der Waals surface area contributed by atoms with Gasteiger partial charge in [-0.25, -0.2) is 4.98 Å². The average Bonchev–Trinajstić information content (AvgIpc) is 3.16. The van der Waals surface area contributed by atoms with E-state index < -0.39 is 0 Å². The lowest BCUT2D eigenvalue weighted by atomic mass is 9.80. The van der Waals surface area contributed by atoms with E-state index in [-0.39, 0.29) is 11.5 Å². The van der Waals surface area contributed by atoms with Gasteiger partial charge >= 0.3 is 0 Å². The molecule has 1 atom stereocenters. The molecule has 0 aliphatic carbocycles. The van der Waals surface area contributed by atoms with Crippen molar-refractivity contribution in [2.24, 2.45) is 11.1 Å². The van der Waals surface area contributed by atoms with Crippen molar-refractivity contribution < 1.29 is 4.42 Å². The normalized spacial score (nSPS) is 21.4. The summed E-state index contributed by atoms with van der Waals surface area (Å²) < 4.78 is 7.26. The van der Waals surface area contributed by atoms with Gasteiger partial charge < -0.3 is 10.2 Å². The number of para-hydroxylation sites is 1. The molecule has 3 heterocycles. The maximum atomic E-state index is 6.23. The van der Waals surface area contributed by atoms with Crippen molar-refractivity contribution in [1.82, 2.24) is 9.88 Å². The summed E-state index contributed by atoms with van der Waals surface area (Å²) >= 11 is 1.67. The van der Waals surface area contributed by atoms with Crippen LogP contribution < -0.4 is 5.73 Å². The number of nitrogens with two attached hydrogens (primary N) is 1. The smallest absolute Gasteiger partial charge is 0.163 e. The van der Waals surface area contributed by atoms with Gasteiger partial charge in [0.05, 0.1) is 16.8 Å². The Kier molecular flexibility index (Phi) is 3.95. The van der Waals surface area contributed by atoms with E-state index in [1.165, 1.54) is 4.70 Å². The first-order chi connectivity index (χ1) is 11.5. The summed E-state index contributed by atoms with van der Waals surface area (Å²) in [6.07, 6.45) is 1.04. The molecule has 1 aromatic carbocycles. The topological polar surface area (TPSA) is 55.3 Å². The third kappa shape index (κ3) is 2.99. The lowest BCUT2D eigenvalue weighted by molar-refractivity contribution is 0.0846. The van der Waals surface area contributed by atoms with Crippen molar-refractivity contribution in [2.75, 3.05) is 13.1 Å². The highest BCUT2D eigenvalue weighted by Gasteiger charge is 2.33. The van der Waals surface area contributed by atoms with Gasteiger partial charge in [-0.1, -0.05) is 26.0 Å². The van der Waals surface area contributed by atoms with Crippen molar-refractivity contribution in [2.45, 2.75) is 32.9 Å². The molecule has 1 saturated heterocycles. The van der Waals surface area contributed by atoms with Crippen molar-refractivity contribution in [3.63, 3.8) is 0 Å². The number of rotatable bonds is 3. The van der Waals surface area contributed by atoms with Crippen molar-refractivity contribution in [3.05, 3.63) is 42.2 Å². The Morgan fingerprint density at radius 2 is 2.12 bits per heavy atom. The zero-order chi connectivity index (χ0) is 16.7. The molecule has 2 aromatic heterocycles. The predicted octanol–water partition coefficient (Wildman–Crippen LogP) is 4.12. The molecular weight excluding hydrogens is 318 g/mol. The summed E-state index contributed by atoms with van der Waals surface area (Å²) in [5, 5.41) is 0.948. The Labute approximate surface area is 146 Å². The minimum Gasteiger partial charge on any atom is -0.457 e. The van der Waals surface area contributed by atoms with Crippen LogP contribution in [0.1, 0.15) is 26.0 Å². The SMILES string of the molecule is CC1(C)CN(Cc2ccc(-c3nc4ccccc4s3)o2)CCC1N. The number of hydrogen-bond acceptors (Lipinski definition) is 5. The number of thiazole rings is 1. The minimum atomic E-state index is 0.153. The first-order valence-electron chi connectivity index (χ1n) is 8.44. The Hall–Kier alpha value is -1.69. The molecule has 1 fully saturated rings. The maximum Gasteiger partial charge on any atom is 0.163 e. The Balaban J connectivity index is 1.51. The van der Waals surface area contributed by atoms with Crippen LogP contribution in [0.5, 0.6) is 0 Å². The van der Waals surface area contributed by atoms with E-state index >= 15 is 0 Å². The van der Waals surface area contributed by atoms with Gasteiger partial charge in [-0.05, 0) is 36.1 Å². The van der Waals surface area contributed by atoms with Crippen LogP contribution in [-0.2, 0) is 6.54 Å². The third-order valence-electron chi connectivity index (χ3n) is 4.94. The summed E-state index contributed by atoms with van der Waals surface area (Å²) in [4.78, 5) is 7.11. The number of furan rings is 1. The second-order valence-electron chi connectivity index (χ2n) is 7.35. The zero-order valence-electron chi connectivity index (χ0n) is 14.2. The minimum absolute atomic E-state index is 0.153. The molecule has 0 radical (unpaired) electrons. The standard InChI is InChI=1S/C19H23N3OS/c1-19(2)12-22(10-9-17(19)20)11-13-7-8-15(23-13)18-21-14-5-3-4-6-16(14)24-18/h3-8,17H,9-12,20H2,1-2H3. The largest absolute Gasteiger partial charge is 0.457 e. The summed E-state index contributed by atoms with van der Waals surface area (Å²) in [6, 6.07) is 12.6. The molecule has 0 saturated carbocycles. The van der Waals surface area contributed by atoms with E-state index in [0.717, 1.165) is 48.1 Å². The number of benzene rings is 1. The van der Waals surface area contributed by atoms with Gasteiger partial charge in [0.15, 0.2) is 10.8 Å². The van der Waals surface area contributed by atoms with E-state index in [1.54, 1.807) is 11.3 Å². The van der Waals surface area contributed by atoms with Crippen LogP contribution >= 0.6 is 11.3 Å². The number of nitrogens with zero attached hydrogens (tertiary/aromatic N) is 2. The fourth-order valence-electron chi connectivity index (χ4n) is 3.40. The predicted molar refractivity (Wildman–Crippen MR) is 99.0 cm³/mol. The number of fused-ring (bicyclic) bond motifs is 1. The summed E-state index contributed by atoms with van der Waals surface area (Å²) in [6.45, 7) is 7.37. The second-order valence-corrected chi connectivity index (χ2v) is 8.38. The molecular formula is C19H23N3OS. The maximum absolute atomic E-state index is 6.23. The van der Waals surface area contributed by atoms with Crippen LogP contribution in [-0.4, -0.2) is 29.0 Å². The quantitative estimate of drug-likeness (QED) is 0.779. The molecule has 1 aliphatic rings. The molecule has 1 aliphatic heterocycles. The number of hydrogen-bond donors (Lipinski definition) is 1. The van der Waals surface area contributed by atoms with Gasteiger partial charge in [0, 0.05) is 19.1 Å².